The molecule has 2 rings (SSSR count). The number of benzene rings is 1. The van der Waals surface area contributed by atoms with Gasteiger partial charge in [0, 0.05) is 5.56 Å². The van der Waals surface area contributed by atoms with Crippen LogP contribution in [0.5, 0.6) is 0 Å². The fraction of sp³-hybridized carbons (Fsp3) is 0.308. The number of para-hydroxylation sites is 1. The van der Waals surface area contributed by atoms with Crippen molar-refractivity contribution in [3.8, 4) is 0 Å². The lowest BCUT2D eigenvalue weighted by molar-refractivity contribution is -0.348. The summed E-state index contributed by atoms with van der Waals surface area (Å²) >= 11 is 0. The summed E-state index contributed by atoms with van der Waals surface area (Å²) in [5.41, 5.74) is -0.490. The molecule has 0 amide bonds. The maximum atomic E-state index is 12.4. The summed E-state index contributed by atoms with van der Waals surface area (Å²) in [6.07, 6.45) is -6.49. The van der Waals surface area contributed by atoms with Gasteiger partial charge in [0.2, 0.25) is 0 Å². The summed E-state index contributed by atoms with van der Waals surface area (Å²) in [4.78, 5) is 12.0. The van der Waals surface area contributed by atoms with Crippen molar-refractivity contribution in [3.63, 3.8) is 0 Å². The van der Waals surface area contributed by atoms with Gasteiger partial charge >= 0.3 is 6.18 Å². The quantitative estimate of drug-likeness (QED) is 0.828. The molecule has 2 aromatic rings. The minimum Gasteiger partial charge on any atom is -0.460 e. The molecular weight excluding hydrogens is 277 g/mol. The number of alkyl halides is 3. The zero-order valence-electron chi connectivity index (χ0n) is 10.4. The van der Waals surface area contributed by atoms with Crippen molar-refractivity contribution < 1.29 is 27.8 Å². The second-order valence-electron chi connectivity index (χ2n) is 4.47. The van der Waals surface area contributed by atoms with Gasteiger partial charge in [-0.3, -0.25) is 4.79 Å². The Hall–Kier alpha value is -1.86. The van der Waals surface area contributed by atoms with E-state index in [1.165, 1.54) is 19.1 Å². The third-order valence-electron chi connectivity index (χ3n) is 2.98. The average Bonchev–Trinajstić information content (AvgIpc) is 2.34. The molecule has 1 aromatic carbocycles. The Morgan fingerprint density at radius 1 is 1.20 bits per heavy atom. The van der Waals surface area contributed by atoms with E-state index in [2.05, 4.69) is 0 Å². The molecule has 0 saturated heterocycles. The van der Waals surface area contributed by atoms with Gasteiger partial charge in [-0.1, -0.05) is 12.1 Å². The van der Waals surface area contributed by atoms with Gasteiger partial charge in [0.1, 0.15) is 11.3 Å². The van der Waals surface area contributed by atoms with Gasteiger partial charge in [-0.05, 0) is 19.1 Å². The number of halogens is 3. The van der Waals surface area contributed by atoms with E-state index in [1.54, 1.807) is 12.1 Å². The van der Waals surface area contributed by atoms with Crippen LogP contribution < -0.4 is 5.43 Å². The average molecular weight is 288 g/mol. The normalized spacial score (nSPS) is 12.9. The Kier molecular flexibility index (Phi) is 3.35. The predicted octanol–water partition coefficient (Wildman–Crippen LogP) is 1.89. The molecule has 1 heterocycles. The van der Waals surface area contributed by atoms with Gasteiger partial charge in [-0.2, -0.15) is 13.2 Å². The Morgan fingerprint density at radius 2 is 1.80 bits per heavy atom. The van der Waals surface area contributed by atoms with Crippen molar-refractivity contribution in [2.24, 2.45) is 0 Å². The molecule has 7 heteroatoms. The Labute approximate surface area is 111 Å². The third-order valence-corrected chi connectivity index (χ3v) is 2.98. The molecule has 0 radical (unpaired) electrons. The molecule has 0 aliphatic carbocycles. The van der Waals surface area contributed by atoms with E-state index in [0.717, 1.165) is 0 Å². The molecular formula is C13H11F3O4. The predicted molar refractivity (Wildman–Crippen MR) is 64.1 cm³/mol. The molecule has 1 aromatic heterocycles. The highest BCUT2D eigenvalue weighted by Gasteiger charge is 2.53. The standard InChI is InChI=1S/C13H11F3O4/c1-7-10(6-12(18,19)13(14,15)16)20-9-5-3-2-4-8(9)11(7)17/h2-5,18-19H,6H2,1H3. The lowest BCUT2D eigenvalue weighted by Gasteiger charge is -2.24. The zero-order valence-corrected chi connectivity index (χ0v) is 10.4. The van der Waals surface area contributed by atoms with E-state index in [1.807, 2.05) is 0 Å². The van der Waals surface area contributed by atoms with Crippen LogP contribution in [-0.2, 0) is 6.42 Å². The van der Waals surface area contributed by atoms with Crippen LogP contribution in [0.2, 0.25) is 0 Å². The van der Waals surface area contributed by atoms with Crippen molar-refractivity contribution in [3.05, 3.63) is 45.8 Å². The fourth-order valence-electron chi connectivity index (χ4n) is 1.77. The monoisotopic (exact) mass is 288 g/mol. The number of hydrogen-bond acceptors (Lipinski definition) is 4. The molecule has 0 fully saturated rings. The molecule has 0 aliphatic heterocycles. The molecule has 0 saturated carbocycles. The molecule has 4 nitrogen and oxygen atoms in total. The van der Waals surface area contributed by atoms with Crippen LogP contribution in [0.15, 0.2) is 33.5 Å². The smallest absolute Gasteiger partial charge is 0.443 e. The SMILES string of the molecule is Cc1c(CC(O)(O)C(F)(F)F)oc2ccccc2c1=O. The van der Waals surface area contributed by atoms with E-state index >= 15 is 0 Å². The van der Waals surface area contributed by atoms with Crippen molar-refractivity contribution >= 4 is 11.0 Å². The lowest BCUT2D eigenvalue weighted by Crippen LogP contribution is -2.47. The minimum atomic E-state index is -5.25. The number of aliphatic hydroxyl groups is 2. The van der Waals surface area contributed by atoms with Crippen LogP contribution in [0.4, 0.5) is 13.2 Å². The summed E-state index contributed by atoms with van der Waals surface area (Å²) in [6, 6.07) is 6.05. The molecule has 0 aliphatic rings. The van der Waals surface area contributed by atoms with Crippen LogP contribution in [-0.4, -0.2) is 22.2 Å². The number of rotatable bonds is 2. The molecule has 0 unspecified atom stereocenters. The zero-order chi connectivity index (χ0) is 15.1. The Bertz CT molecular complexity index is 701. The molecule has 0 spiro atoms. The first kappa shape index (κ1) is 14.5. The minimum absolute atomic E-state index is 0.0829. The van der Waals surface area contributed by atoms with Crippen molar-refractivity contribution in [1.82, 2.24) is 0 Å². The highest BCUT2D eigenvalue weighted by Crippen LogP contribution is 2.32. The second kappa shape index (κ2) is 4.60. The first-order valence-corrected chi connectivity index (χ1v) is 5.66. The molecule has 0 bridgehead atoms. The van der Waals surface area contributed by atoms with Crippen LogP contribution >= 0.6 is 0 Å². The number of fused-ring (bicyclic) bond motifs is 1. The molecule has 0 atom stereocenters. The summed E-state index contributed by atoms with van der Waals surface area (Å²) < 4.78 is 42.5. The Balaban J connectivity index is 2.57. The lowest BCUT2D eigenvalue weighted by atomic mass is 10.0. The highest BCUT2D eigenvalue weighted by atomic mass is 19.4. The molecule has 108 valence electrons. The van der Waals surface area contributed by atoms with E-state index < -0.39 is 29.6 Å². The third kappa shape index (κ3) is 2.41. The van der Waals surface area contributed by atoms with Gasteiger partial charge in [-0.25, -0.2) is 0 Å². The van der Waals surface area contributed by atoms with Gasteiger partial charge in [0.15, 0.2) is 5.43 Å². The summed E-state index contributed by atoms with van der Waals surface area (Å²) in [7, 11) is 0. The van der Waals surface area contributed by atoms with Crippen molar-refractivity contribution in [1.29, 1.82) is 0 Å². The summed E-state index contributed by atoms with van der Waals surface area (Å²) in [5.74, 6) is -4.35. The van der Waals surface area contributed by atoms with E-state index in [-0.39, 0.29) is 16.5 Å². The van der Waals surface area contributed by atoms with Crippen LogP contribution in [0.3, 0.4) is 0 Å². The van der Waals surface area contributed by atoms with E-state index in [0.29, 0.717) is 0 Å². The van der Waals surface area contributed by atoms with Crippen molar-refractivity contribution in [2.75, 3.05) is 0 Å². The van der Waals surface area contributed by atoms with Gasteiger partial charge < -0.3 is 14.6 Å². The molecule has 20 heavy (non-hydrogen) atoms. The fourth-order valence-corrected chi connectivity index (χ4v) is 1.77. The number of hydrogen-bond donors (Lipinski definition) is 2. The Morgan fingerprint density at radius 3 is 2.40 bits per heavy atom. The van der Waals surface area contributed by atoms with Crippen LogP contribution in [0, 0.1) is 6.92 Å². The second-order valence-corrected chi connectivity index (χ2v) is 4.47. The first-order chi connectivity index (χ1) is 9.13. The van der Waals surface area contributed by atoms with E-state index in [9.17, 15) is 18.0 Å². The topological polar surface area (TPSA) is 70.7 Å². The first-order valence-electron chi connectivity index (χ1n) is 5.66. The van der Waals surface area contributed by atoms with Crippen molar-refractivity contribution in [2.45, 2.75) is 25.3 Å². The summed E-state index contributed by atoms with van der Waals surface area (Å²) in [6.45, 7) is 1.28. The highest BCUT2D eigenvalue weighted by molar-refractivity contribution is 5.77. The maximum absolute atomic E-state index is 12.4. The largest absolute Gasteiger partial charge is 0.460 e. The van der Waals surface area contributed by atoms with Gasteiger partial charge in [0.25, 0.3) is 5.79 Å². The van der Waals surface area contributed by atoms with Gasteiger partial charge in [0.05, 0.1) is 11.8 Å². The molecule has 2 N–H and O–H groups in total. The van der Waals surface area contributed by atoms with Crippen LogP contribution in [0.25, 0.3) is 11.0 Å². The summed E-state index contributed by atoms with van der Waals surface area (Å²) in [5, 5.41) is 18.3. The van der Waals surface area contributed by atoms with E-state index in [4.69, 9.17) is 14.6 Å². The maximum Gasteiger partial charge on any atom is 0.443 e. The van der Waals surface area contributed by atoms with Gasteiger partial charge in [-0.15, -0.1) is 0 Å². The van der Waals surface area contributed by atoms with Crippen LogP contribution in [0.1, 0.15) is 11.3 Å².